The van der Waals surface area contributed by atoms with Gasteiger partial charge in [-0.2, -0.15) is 0 Å². The molecule has 0 unspecified atom stereocenters. The average Bonchev–Trinajstić information content (AvgIpc) is 2.81. The lowest BCUT2D eigenvalue weighted by Gasteiger charge is -2.16. The molecule has 3 N–H and O–H groups in total. The van der Waals surface area contributed by atoms with E-state index in [0.717, 1.165) is 25.9 Å². The maximum absolute atomic E-state index is 6.00. The molecule has 17 heavy (non-hydrogen) atoms. The predicted molar refractivity (Wildman–Crippen MR) is 72.5 cm³/mol. The van der Waals surface area contributed by atoms with E-state index in [2.05, 4.69) is 10.5 Å². The summed E-state index contributed by atoms with van der Waals surface area (Å²) in [5.74, 6) is 0.471. The fourth-order valence-corrected chi connectivity index (χ4v) is 2.22. The Morgan fingerprint density at radius 3 is 2.41 bits per heavy atom. The Bertz CT molecular complexity index is 407. The third-order valence-electron chi connectivity index (χ3n) is 2.68. The third kappa shape index (κ3) is 2.96. The van der Waals surface area contributed by atoms with Gasteiger partial charge in [0.05, 0.1) is 15.7 Å². The van der Waals surface area contributed by atoms with Crippen LogP contribution in [0.25, 0.3) is 0 Å². The zero-order valence-corrected chi connectivity index (χ0v) is 10.8. The Morgan fingerprint density at radius 2 is 1.82 bits per heavy atom. The van der Waals surface area contributed by atoms with Crippen molar-refractivity contribution in [3.05, 3.63) is 28.2 Å². The fourth-order valence-electron chi connectivity index (χ4n) is 1.73. The van der Waals surface area contributed by atoms with E-state index >= 15 is 0 Å². The Morgan fingerprint density at radius 1 is 1.24 bits per heavy atom. The molecule has 1 saturated heterocycles. The third-order valence-corrected chi connectivity index (χ3v) is 3.31. The number of nitrogens with one attached hydrogen (secondary N) is 1. The standard InChI is InChI=1S/C11H14Cl2N4/c12-8-4-3-5-9(13)10(8)15-16-11(14)17-6-1-2-7-17/h3-5,15H,1-2,6-7H2,(H2,14,16). The molecule has 0 radical (unpaired) electrons. The van der Waals surface area contributed by atoms with Crippen LogP contribution in [0.3, 0.4) is 0 Å². The van der Waals surface area contributed by atoms with Gasteiger partial charge in [-0.1, -0.05) is 29.3 Å². The zero-order chi connectivity index (χ0) is 12.3. The molecule has 0 atom stereocenters. The highest BCUT2D eigenvalue weighted by Crippen LogP contribution is 2.29. The van der Waals surface area contributed by atoms with Gasteiger partial charge < -0.3 is 10.6 Å². The molecule has 92 valence electrons. The van der Waals surface area contributed by atoms with Crippen LogP contribution in [0.4, 0.5) is 5.69 Å². The lowest BCUT2D eigenvalue weighted by atomic mass is 10.3. The summed E-state index contributed by atoms with van der Waals surface area (Å²) in [4.78, 5) is 2.03. The summed E-state index contributed by atoms with van der Waals surface area (Å²) in [6.07, 6.45) is 2.31. The number of guanidine groups is 1. The number of hydrogen-bond acceptors (Lipinski definition) is 2. The number of rotatable bonds is 2. The van der Waals surface area contributed by atoms with Gasteiger partial charge in [-0.3, -0.25) is 5.43 Å². The van der Waals surface area contributed by atoms with E-state index in [9.17, 15) is 0 Å². The molecular formula is C11H14Cl2N4. The van der Waals surface area contributed by atoms with Gasteiger partial charge in [0.15, 0.2) is 0 Å². The number of halogens is 2. The fraction of sp³-hybridized carbons (Fsp3) is 0.364. The van der Waals surface area contributed by atoms with Crippen molar-refractivity contribution in [3.8, 4) is 0 Å². The highest BCUT2D eigenvalue weighted by atomic mass is 35.5. The first-order valence-corrected chi connectivity index (χ1v) is 6.22. The number of para-hydroxylation sites is 1. The summed E-state index contributed by atoms with van der Waals surface area (Å²) < 4.78 is 0. The van der Waals surface area contributed by atoms with Gasteiger partial charge in [0.1, 0.15) is 0 Å². The summed E-state index contributed by atoms with van der Waals surface area (Å²) >= 11 is 12.0. The Balaban J connectivity index is 2.08. The molecule has 0 bridgehead atoms. The van der Waals surface area contributed by atoms with Crippen LogP contribution in [0.15, 0.2) is 23.3 Å². The highest BCUT2D eigenvalue weighted by Gasteiger charge is 2.13. The van der Waals surface area contributed by atoms with Crippen LogP contribution in [0, 0.1) is 0 Å². The van der Waals surface area contributed by atoms with Crippen molar-refractivity contribution in [2.24, 2.45) is 10.8 Å². The normalized spacial score (nSPS) is 16.4. The molecule has 6 heteroatoms. The minimum absolute atomic E-state index is 0.471. The predicted octanol–water partition coefficient (Wildman–Crippen LogP) is 2.73. The molecule has 1 aliphatic rings. The van der Waals surface area contributed by atoms with Gasteiger partial charge in [0.2, 0.25) is 5.96 Å². The first-order valence-electron chi connectivity index (χ1n) is 5.46. The van der Waals surface area contributed by atoms with Gasteiger partial charge in [-0.25, -0.2) is 0 Å². The van der Waals surface area contributed by atoms with E-state index in [4.69, 9.17) is 28.9 Å². The summed E-state index contributed by atoms with van der Waals surface area (Å²) in [6.45, 7) is 1.90. The van der Waals surface area contributed by atoms with Gasteiger partial charge in [-0.15, -0.1) is 5.10 Å². The van der Waals surface area contributed by atoms with Crippen LogP contribution < -0.4 is 11.2 Å². The van der Waals surface area contributed by atoms with Gasteiger partial charge in [-0.05, 0) is 25.0 Å². The molecule has 1 aliphatic heterocycles. The molecule has 0 amide bonds. The van der Waals surface area contributed by atoms with Crippen molar-refractivity contribution in [1.29, 1.82) is 0 Å². The maximum Gasteiger partial charge on any atom is 0.214 e. The molecule has 1 heterocycles. The second-order valence-electron chi connectivity index (χ2n) is 3.87. The van der Waals surface area contributed by atoms with E-state index in [-0.39, 0.29) is 0 Å². The molecule has 1 fully saturated rings. The molecule has 1 aromatic rings. The van der Waals surface area contributed by atoms with E-state index in [1.54, 1.807) is 18.2 Å². The number of benzene rings is 1. The number of hydrazone groups is 1. The summed E-state index contributed by atoms with van der Waals surface area (Å²) in [6, 6.07) is 5.28. The van der Waals surface area contributed by atoms with Crippen molar-refractivity contribution < 1.29 is 0 Å². The molecule has 0 aliphatic carbocycles. The molecule has 0 spiro atoms. The monoisotopic (exact) mass is 272 g/mol. The number of nitrogens with two attached hydrogens (primary N) is 1. The van der Waals surface area contributed by atoms with Crippen LogP contribution in [0.5, 0.6) is 0 Å². The van der Waals surface area contributed by atoms with E-state index in [0.29, 0.717) is 21.7 Å². The Kier molecular flexibility index (Phi) is 3.97. The first kappa shape index (κ1) is 12.3. The highest BCUT2D eigenvalue weighted by molar-refractivity contribution is 6.39. The van der Waals surface area contributed by atoms with Gasteiger partial charge >= 0.3 is 0 Å². The lowest BCUT2D eigenvalue weighted by Crippen LogP contribution is -2.35. The molecule has 1 aromatic carbocycles. The van der Waals surface area contributed by atoms with Crippen molar-refractivity contribution in [3.63, 3.8) is 0 Å². The van der Waals surface area contributed by atoms with E-state index < -0.39 is 0 Å². The number of anilines is 1. The minimum atomic E-state index is 0.471. The minimum Gasteiger partial charge on any atom is -0.368 e. The van der Waals surface area contributed by atoms with Crippen LogP contribution in [0.2, 0.25) is 10.0 Å². The topological polar surface area (TPSA) is 53.6 Å². The Hall–Kier alpha value is -1.13. The number of nitrogens with zero attached hydrogens (tertiary/aromatic N) is 2. The number of likely N-dealkylation sites (tertiary alicyclic amines) is 1. The summed E-state index contributed by atoms with van der Waals surface area (Å²) in [7, 11) is 0. The summed E-state index contributed by atoms with van der Waals surface area (Å²) in [5.41, 5.74) is 9.25. The average molecular weight is 273 g/mol. The van der Waals surface area contributed by atoms with Crippen molar-refractivity contribution in [2.75, 3.05) is 18.5 Å². The van der Waals surface area contributed by atoms with Crippen LogP contribution >= 0.6 is 23.2 Å². The largest absolute Gasteiger partial charge is 0.368 e. The Labute approximate surface area is 110 Å². The van der Waals surface area contributed by atoms with Crippen molar-refractivity contribution in [1.82, 2.24) is 4.90 Å². The number of hydrogen-bond donors (Lipinski definition) is 2. The smallest absolute Gasteiger partial charge is 0.214 e. The molecule has 0 aromatic heterocycles. The molecule has 4 nitrogen and oxygen atoms in total. The van der Waals surface area contributed by atoms with Crippen molar-refractivity contribution in [2.45, 2.75) is 12.8 Å². The zero-order valence-electron chi connectivity index (χ0n) is 9.29. The van der Waals surface area contributed by atoms with Crippen LogP contribution in [-0.4, -0.2) is 23.9 Å². The molecule has 0 saturated carbocycles. The second kappa shape index (κ2) is 5.47. The second-order valence-corrected chi connectivity index (χ2v) is 4.69. The summed E-state index contributed by atoms with van der Waals surface area (Å²) in [5, 5.41) is 5.15. The van der Waals surface area contributed by atoms with E-state index in [1.807, 2.05) is 4.90 Å². The van der Waals surface area contributed by atoms with Crippen LogP contribution in [-0.2, 0) is 0 Å². The van der Waals surface area contributed by atoms with E-state index in [1.165, 1.54) is 0 Å². The van der Waals surface area contributed by atoms with Crippen LogP contribution in [0.1, 0.15) is 12.8 Å². The lowest BCUT2D eigenvalue weighted by molar-refractivity contribution is 0.512. The SMILES string of the molecule is N/C(=N\Nc1c(Cl)cccc1Cl)N1CCCC1. The van der Waals surface area contributed by atoms with Gasteiger partial charge in [0, 0.05) is 13.1 Å². The molecular weight excluding hydrogens is 259 g/mol. The first-order chi connectivity index (χ1) is 8.18. The maximum atomic E-state index is 6.00. The van der Waals surface area contributed by atoms with Gasteiger partial charge in [0.25, 0.3) is 0 Å². The van der Waals surface area contributed by atoms with Crippen molar-refractivity contribution >= 4 is 34.8 Å². The molecule has 2 rings (SSSR count). The quantitative estimate of drug-likeness (QED) is 0.495.